The second kappa shape index (κ2) is 7.34. The van der Waals surface area contributed by atoms with Crippen LogP contribution < -0.4 is 5.32 Å². The van der Waals surface area contributed by atoms with E-state index in [0.29, 0.717) is 6.04 Å². The fraction of sp³-hybridized carbons (Fsp3) is 0.579. The van der Waals surface area contributed by atoms with Crippen molar-refractivity contribution in [2.45, 2.75) is 58.5 Å². The lowest BCUT2D eigenvalue weighted by Crippen LogP contribution is -2.47. The Kier molecular flexibility index (Phi) is 5.19. The van der Waals surface area contributed by atoms with Crippen molar-refractivity contribution in [3.8, 4) is 0 Å². The number of hydrogen-bond acceptors (Lipinski definition) is 3. The fourth-order valence-electron chi connectivity index (χ4n) is 3.46. The van der Waals surface area contributed by atoms with Crippen LogP contribution in [0.25, 0.3) is 10.9 Å². The van der Waals surface area contributed by atoms with Crippen LogP contribution in [0.5, 0.6) is 0 Å². The zero-order valence-electron chi connectivity index (χ0n) is 15.0. The standard InChI is InChI=1S/C19H28N4O/c1-4-10-22-11-6-5-7-18(22)19(24)20-16-8-9-17-15(12-16)13-23(21-17)14(2)3/h8-9,12-14,18H,4-7,10-11H2,1-3H3,(H,20,24). The van der Waals surface area contributed by atoms with Crippen LogP contribution in [0.15, 0.2) is 24.4 Å². The Hall–Kier alpha value is -1.88. The van der Waals surface area contributed by atoms with Crippen LogP contribution in [0.2, 0.25) is 0 Å². The molecule has 1 unspecified atom stereocenters. The summed E-state index contributed by atoms with van der Waals surface area (Å²) < 4.78 is 1.96. The number of anilines is 1. The van der Waals surface area contributed by atoms with Crippen LogP contribution >= 0.6 is 0 Å². The van der Waals surface area contributed by atoms with Gasteiger partial charge in [0.15, 0.2) is 0 Å². The van der Waals surface area contributed by atoms with Crippen molar-refractivity contribution in [2.75, 3.05) is 18.4 Å². The number of carbonyl (C=O) groups excluding carboxylic acids is 1. The molecule has 0 bridgehead atoms. The van der Waals surface area contributed by atoms with Gasteiger partial charge >= 0.3 is 0 Å². The number of fused-ring (bicyclic) bond motifs is 1. The Morgan fingerprint density at radius 1 is 1.38 bits per heavy atom. The summed E-state index contributed by atoms with van der Waals surface area (Å²) in [6.45, 7) is 8.42. The number of amides is 1. The van der Waals surface area contributed by atoms with Gasteiger partial charge in [0.2, 0.25) is 5.91 Å². The van der Waals surface area contributed by atoms with Gasteiger partial charge in [-0.25, -0.2) is 0 Å². The van der Waals surface area contributed by atoms with E-state index in [4.69, 9.17) is 0 Å². The van der Waals surface area contributed by atoms with Crippen molar-refractivity contribution in [2.24, 2.45) is 0 Å². The summed E-state index contributed by atoms with van der Waals surface area (Å²) in [5, 5.41) is 8.73. The summed E-state index contributed by atoms with van der Waals surface area (Å²) in [7, 11) is 0. The third kappa shape index (κ3) is 3.61. The highest BCUT2D eigenvalue weighted by Gasteiger charge is 2.28. The third-order valence-corrected chi connectivity index (χ3v) is 4.75. The molecular weight excluding hydrogens is 300 g/mol. The van der Waals surface area contributed by atoms with Gasteiger partial charge in [-0.1, -0.05) is 13.3 Å². The zero-order valence-corrected chi connectivity index (χ0v) is 15.0. The van der Waals surface area contributed by atoms with Crippen LogP contribution in [-0.2, 0) is 4.79 Å². The monoisotopic (exact) mass is 328 g/mol. The molecule has 2 heterocycles. The number of likely N-dealkylation sites (tertiary alicyclic amines) is 1. The second-order valence-corrected chi connectivity index (χ2v) is 7.01. The second-order valence-electron chi connectivity index (χ2n) is 7.01. The molecule has 2 aromatic rings. The molecule has 1 amide bonds. The predicted molar refractivity (Wildman–Crippen MR) is 98.3 cm³/mol. The molecule has 130 valence electrons. The smallest absolute Gasteiger partial charge is 0.241 e. The number of aromatic nitrogens is 2. The molecule has 5 heteroatoms. The molecule has 0 radical (unpaired) electrons. The summed E-state index contributed by atoms with van der Waals surface area (Å²) in [6, 6.07) is 6.29. The van der Waals surface area contributed by atoms with E-state index in [-0.39, 0.29) is 11.9 Å². The number of piperidine rings is 1. The lowest BCUT2D eigenvalue weighted by Gasteiger charge is -2.34. The van der Waals surface area contributed by atoms with Gasteiger partial charge in [-0.3, -0.25) is 14.4 Å². The fourth-order valence-corrected chi connectivity index (χ4v) is 3.46. The first-order chi connectivity index (χ1) is 11.6. The first kappa shape index (κ1) is 17.0. The van der Waals surface area contributed by atoms with Crippen molar-refractivity contribution in [3.63, 3.8) is 0 Å². The van der Waals surface area contributed by atoms with Crippen LogP contribution in [0.3, 0.4) is 0 Å². The Morgan fingerprint density at radius 2 is 2.21 bits per heavy atom. The summed E-state index contributed by atoms with van der Waals surface area (Å²) in [4.78, 5) is 15.1. The third-order valence-electron chi connectivity index (χ3n) is 4.75. The number of carbonyl (C=O) groups is 1. The molecule has 5 nitrogen and oxygen atoms in total. The van der Waals surface area contributed by atoms with Gasteiger partial charge in [-0.2, -0.15) is 5.10 Å². The minimum Gasteiger partial charge on any atom is -0.325 e. The maximum Gasteiger partial charge on any atom is 0.241 e. The van der Waals surface area contributed by atoms with Crippen LogP contribution in [0.1, 0.15) is 52.5 Å². The number of nitrogens with one attached hydrogen (secondary N) is 1. The average molecular weight is 328 g/mol. The first-order valence-corrected chi connectivity index (χ1v) is 9.12. The summed E-state index contributed by atoms with van der Waals surface area (Å²) in [5.74, 6) is 0.124. The van der Waals surface area contributed by atoms with Crippen molar-refractivity contribution in [1.82, 2.24) is 14.7 Å². The molecule has 1 saturated heterocycles. The molecule has 0 spiro atoms. The number of rotatable bonds is 5. The number of nitrogens with zero attached hydrogens (tertiary/aromatic N) is 3. The van der Waals surface area contributed by atoms with E-state index in [1.165, 1.54) is 6.42 Å². The molecule has 1 aromatic heterocycles. The maximum atomic E-state index is 12.7. The molecule has 1 aromatic carbocycles. The Bertz CT molecular complexity index is 704. The highest BCUT2D eigenvalue weighted by molar-refractivity contribution is 5.96. The highest BCUT2D eigenvalue weighted by Crippen LogP contribution is 2.22. The Balaban J connectivity index is 1.74. The Labute approximate surface area is 144 Å². The normalized spacial score (nSPS) is 19.1. The predicted octanol–water partition coefficient (Wildman–Crippen LogP) is 3.82. The molecule has 3 rings (SSSR count). The molecule has 1 atom stereocenters. The lowest BCUT2D eigenvalue weighted by atomic mass is 10.0. The summed E-state index contributed by atoms with van der Waals surface area (Å²) >= 11 is 0. The first-order valence-electron chi connectivity index (χ1n) is 9.12. The van der Waals surface area contributed by atoms with Crippen molar-refractivity contribution < 1.29 is 4.79 Å². The van der Waals surface area contributed by atoms with Crippen LogP contribution in [-0.4, -0.2) is 39.7 Å². The topological polar surface area (TPSA) is 50.2 Å². The molecule has 24 heavy (non-hydrogen) atoms. The molecule has 1 fully saturated rings. The molecule has 0 aliphatic carbocycles. The minimum atomic E-state index is 0.00721. The van der Waals surface area contributed by atoms with Crippen LogP contribution in [0.4, 0.5) is 5.69 Å². The van der Waals surface area contributed by atoms with Crippen LogP contribution in [0, 0.1) is 0 Å². The van der Waals surface area contributed by atoms with E-state index in [2.05, 4.69) is 36.1 Å². The highest BCUT2D eigenvalue weighted by atomic mass is 16.2. The minimum absolute atomic E-state index is 0.00721. The number of benzene rings is 1. The SMILES string of the molecule is CCCN1CCCCC1C(=O)Nc1ccc2nn(C(C)C)cc2c1. The van der Waals surface area contributed by atoms with Crippen molar-refractivity contribution in [3.05, 3.63) is 24.4 Å². The molecule has 1 aliphatic rings. The van der Waals surface area contributed by atoms with Gasteiger partial charge in [0.1, 0.15) is 0 Å². The molecule has 1 aliphatic heterocycles. The quantitative estimate of drug-likeness (QED) is 0.908. The maximum absolute atomic E-state index is 12.7. The summed E-state index contributed by atoms with van der Waals surface area (Å²) in [6.07, 6.45) is 6.42. The van der Waals surface area contributed by atoms with Gasteiger partial charge in [0.05, 0.1) is 11.6 Å². The van der Waals surface area contributed by atoms with E-state index in [0.717, 1.165) is 48.9 Å². The molecule has 0 saturated carbocycles. The van der Waals surface area contributed by atoms with Gasteiger partial charge in [-0.15, -0.1) is 0 Å². The molecule has 1 N–H and O–H groups in total. The molecular formula is C19H28N4O. The largest absolute Gasteiger partial charge is 0.325 e. The van der Waals surface area contributed by atoms with E-state index < -0.39 is 0 Å². The van der Waals surface area contributed by atoms with E-state index in [9.17, 15) is 4.79 Å². The van der Waals surface area contributed by atoms with E-state index in [1.54, 1.807) is 0 Å². The number of hydrogen-bond donors (Lipinski definition) is 1. The zero-order chi connectivity index (χ0) is 17.1. The lowest BCUT2D eigenvalue weighted by molar-refractivity contribution is -0.122. The average Bonchev–Trinajstić information content (AvgIpc) is 2.99. The van der Waals surface area contributed by atoms with Crippen molar-refractivity contribution >= 4 is 22.5 Å². The van der Waals surface area contributed by atoms with Gasteiger partial charge in [-0.05, 0) is 64.4 Å². The van der Waals surface area contributed by atoms with E-state index in [1.807, 2.05) is 29.1 Å². The summed E-state index contributed by atoms with van der Waals surface area (Å²) in [5.41, 5.74) is 1.82. The van der Waals surface area contributed by atoms with Gasteiger partial charge in [0, 0.05) is 23.3 Å². The van der Waals surface area contributed by atoms with Gasteiger partial charge in [0.25, 0.3) is 0 Å². The van der Waals surface area contributed by atoms with Crippen molar-refractivity contribution in [1.29, 1.82) is 0 Å². The Morgan fingerprint density at radius 3 is 2.96 bits per heavy atom. The van der Waals surface area contributed by atoms with E-state index >= 15 is 0 Å². The van der Waals surface area contributed by atoms with Gasteiger partial charge < -0.3 is 5.32 Å².